The van der Waals surface area contributed by atoms with Gasteiger partial charge in [0.1, 0.15) is 11.3 Å². The van der Waals surface area contributed by atoms with E-state index in [4.69, 9.17) is 18.0 Å². The first-order chi connectivity index (χ1) is 9.96. The molecule has 2 aromatic rings. The van der Waals surface area contributed by atoms with E-state index in [1.165, 1.54) is 6.33 Å². The molecule has 0 saturated heterocycles. The lowest BCUT2D eigenvalue weighted by atomic mass is 10.1. The van der Waals surface area contributed by atoms with E-state index < -0.39 is 10.0 Å². The number of nitrogens with zero attached hydrogens (tertiary/aromatic N) is 2. The van der Waals surface area contributed by atoms with Crippen LogP contribution in [0, 0.1) is 0 Å². The highest BCUT2D eigenvalue weighted by Gasteiger charge is 2.11. The summed E-state index contributed by atoms with van der Waals surface area (Å²) in [6.07, 6.45) is 2.93. The smallest absolute Gasteiger partial charge is 0.216 e. The number of rotatable bonds is 6. The standard InChI is InChI=1S/C13H14N4O2S2/c14-13(20)11-3-1-10(2-4-11)8-21(18,19)17-7-12-5-6-15-9-16-12/h1-6,9,17H,7-8H2,(H2,14,20). The average molecular weight is 322 g/mol. The van der Waals surface area contributed by atoms with Gasteiger partial charge in [-0.05, 0) is 11.6 Å². The van der Waals surface area contributed by atoms with Crippen molar-refractivity contribution in [1.82, 2.24) is 14.7 Å². The lowest BCUT2D eigenvalue weighted by Gasteiger charge is -2.07. The Balaban J connectivity index is 1.99. The van der Waals surface area contributed by atoms with E-state index in [9.17, 15) is 8.42 Å². The maximum absolute atomic E-state index is 12.0. The van der Waals surface area contributed by atoms with E-state index in [2.05, 4.69) is 14.7 Å². The van der Waals surface area contributed by atoms with Gasteiger partial charge in [0.2, 0.25) is 10.0 Å². The molecule has 2 rings (SSSR count). The average Bonchev–Trinajstić information content (AvgIpc) is 2.46. The first-order valence-electron chi connectivity index (χ1n) is 6.07. The van der Waals surface area contributed by atoms with Crippen molar-refractivity contribution in [3.8, 4) is 0 Å². The fourth-order valence-corrected chi connectivity index (χ4v) is 2.88. The summed E-state index contributed by atoms with van der Waals surface area (Å²) in [5, 5.41) is 0. The van der Waals surface area contributed by atoms with Gasteiger partial charge in [-0.15, -0.1) is 0 Å². The first-order valence-corrected chi connectivity index (χ1v) is 8.13. The summed E-state index contributed by atoms with van der Waals surface area (Å²) in [4.78, 5) is 8.01. The van der Waals surface area contributed by atoms with Crippen molar-refractivity contribution in [3.05, 3.63) is 59.7 Å². The van der Waals surface area contributed by atoms with Crippen molar-refractivity contribution in [2.24, 2.45) is 5.73 Å². The number of nitrogens with two attached hydrogens (primary N) is 1. The Hall–Kier alpha value is -1.90. The molecule has 0 aliphatic rings. The third kappa shape index (κ3) is 4.85. The van der Waals surface area contributed by atoms with Crippen LogP contribution in [0.5, 0.6) is 0 Å². The van der Waals surface area contributed by atoms with Crippen LogP contribution in [0.1, 0.15) is 16.8 Å². The Bertz CT molecular complexity index is 716. The van der Waals surface area contributed by atoms with Crippen LogP contribution in [-0.4, -0.2) is 23.4 Å². The molecule has 0 atom stereocenters. The summed E-state index contributed by atoms with van der Waals surface area (Å²) in [5.74, 6) is -0.115. The van der Waals surface area contributed by atoms with Gasteiger partial charge in [0.05, 0.1) is 18.0 Å². The van der Waals surface area contributed by atoms with E-state index >= 15 is 0 Å². The summed E-state index contributed by atoms with van der Waals surface area (Å²) in [5.41, 5.74) is 7.47. The molecule has 0 spiro atoms. The highest BCUT2D eigenvalue weighted by atomic mass is 32.2. The molecule has 6 nitrogen and oxygen atoms in total. The summed E-state index contributed by atoms with van der Waals surface area (Å²) in [6.45, 7) is 0.135. The van der Waals surface area contributed by atoms with E-state index in [1.54, 1.807) is 36.5 Å². The summed E-state index contributed by atoms with van der Waals surface area (Å²) in [6, 6.07) is 8.45. The molecule has 3 N–H and O–H groups in total. The van der Waals surface area contributed by atoms with Gasteiger partial charge in [-0.2, -0.15) is 0 Å². The zero-order valence-electron chi connectivity index (χ0n) is 11.1. The fourth-order valence-electron chi connectivity index (χ4n) is 1.64. The molecule has 0 bridgehead atoms. The van der Waals surface area contributed by atoms with Gasteiger partial charge < -0.3 is 5.73 Å². The minimum atomic E-state index is -3.44. The minimum absolute atomic E-state index is 0.115. The highest BCUT2D eigenvalue weighted by molar-refractivity contribution is 7.88. The maximum Gasteiger partial charge on any atom is 0.216 e. The second-order valence-corrected chi connectivity index (χ2v) is 6.59. The van der Waals surface area contributed by atoms with Crippen molar-refractivity contribution in [3.63, 3.8) is 0 Å². The molecule has 0 aliphatic carbocycles. The molecular weight excluding hydrogens is 308 g/mol. The summed E-state index contributed by atoms with van der Waals surface area (Å²) >= 11 is 4.85. The Kier molecular flexibility index (Phi) is 4.94. The van der Waals surface area contributed by atoms with Crippen LogP contribution in [0.4, 0.5) is 0 Å². The third-order valence-corrected chi connectivity index (χ3v) is 4.24. The van der Waals surface area contributed by atoms with Crippen LogP contribution in [0.2, 0.25) is 0 Å². The first kappa shape index (κ1) is 15.5. The van der Waals surface area contributed by atoms with Gasteiger partial charge >= 0.3 is 0 Å². The van der Waals surface area contributed by atoms with E-state index in [0.29, 0.717) is 16.8 Å². The van der Waals surface area contributed by atoms with Crippen molar-refractivity contribution < 1.29 is 8.42 Å². The second-order valence-electron chi connectivity index (χ2n) is 4.34. The van der Waals surface area contributed by atoms with Gasteiger partial charge in [-0.1, -0.05) is 36.5 Å². The summed E-state index contributed by atoms with van der Waals surface area (Å²) in [7, 11) is -3.44. The number of sulfonamides is 1. The quantitative estimate of drug-likeness (QED) is 0.761. The van der Waals surface area contributed by atoms with Crippen LogP contribution >= 0.6 is 12.2 Å². The molecule has 1 heterocycles. The van der Waals surface area contributed by atoms with E-state index in [0.717, 1.165) is 0 Å². The Labute approximate surface area is 128 Å². The van der Waals surface area contributed by atoms with Gasteiger partial charge in [0.25, 0.3) is 0 Å². The van der Waals surface area contributed by atoms with Crippen molar-refractivity contribution >= 4 is 27.2 Å². The van der Waals surface area contributed by atoms with Crippen LogP contribution in [0.15, 0.2) is 42.9 Å². The Morgan fingerprint density at radius 2 is 1.95 bits per heavy atom. The number of nitrogens with one attached hydrogen (secondary N) is 1. The molecule has 0 unspecified atom stereocenters. The second kappa shape index (κ2) is 6.70. The molecule has 0 fully saturated rings. The van der Waals surface area contributed by atoms with E-state index in [-0.39, 0.29) is 17.3 Å². The van der Waals surface area contributed by atoms with Crippen LogP contribution in [0.3, 0.4) is 0 Å². The number of hydrogen-bond acceptors (Lipinski definition) is 5. The maximum atomic E-state index is 12.0. The molecule has 0 saturated carbocycles. The number of benzene rings is 1. The molecular formula is C13H14N4O2S2. The van der Waals surface area contributed by atoms with Gasteiger partial charge in [0.15, 0.2) is 0 Å². The van der Waals surface area contributed by atoms with Gasteiger partial charge in [-0.3, -0.25) is 0 Å². The highest BCUT2D eigenvalue weighted by Crippen LogP contribution is 2.08. The zero-order chi connectivity index (χ0) is 15.3. The Morgan fingerprint density at radius 3 is 2.52 bits per heavy atom. The minimum Gasteiger partial charge on any atom is -0.389 e. The van der Waals surface area contributed by atoms with Gasteiger partial charge in [-0.25, -0.2) is 23.1 Å². The van der Waals surface area contributed by atoms with Crippen molar-refractivity contribution in [2.45, 2.75) is 12.3 Å². The van der Waals surface area contributed by atoms with Crippen molar-refractivity contribution in [1.29, 1.82) is 0 Å². The predicted octanol–water partition coefficient (Wildman–Crippen LogP) is 0.730. The molecule has 110 valence electrons. The SMILES string of the molecule is NC(=S)c1ccc(CS(=O)(=O)NCc2ccncn2)cc1. The number of hydrogen-bond donors (Lipinski definition) is 2. The lowest BCUT2D eigenvalue weighted by Crippen LogP contribution is -2.25. The van der Waals surface area contributed by atoms with E-state index in [1.807, 2.05) is 0 Å². The Morgan fingerprint density at radius 1 is 1.24 bits per heavy atom. The lowest BCUT2D eigenvalue weighted by molar-refractivity contribution is 0.579. The molecule has 1 aromatic heterocycles. The molecule has 1 aromatic carbocycles. The molecule has 8 heteroatoms. The largest absolute Gasteiger partial charge is 0.389 e. The fraction of sp³-hybridized carbons (Fsp3) is 0.154. The van der Waals surface area contributed by atoms with Crippen LogP contribution < -0.4 is 10.5 Å². The predicted molar refractivity (Wildman–Crippen MR) is 83.8 cm³/mol. The third-order valence-electron chi connectivity index (χ3n) is 2.71. The van der Waals surface area contributed by atoms with Crippen molar-refractivity contribution in [2.75, 3.05) is 0 Å². The van der Waals surface area contributed by atoms with Crippen LogP contribution in [0.25, 0.3) is 0 Å². The van der Waals surface area contributed by atoms with Gasteiger partial charge in [0, 0.05) is 11.8 Å². The molecule has 0 aliphatic heterocycles. The number of thiocarbonyl (C=S) groups is 1. The topological polar surface area (TPSA) is 98.0 Å². The zero-order valence-corrected chi connectivity index (χ0v) is 12.7. The van der Waals surface area contributed by atoms with Crippen LogP contribution in [-0.2, 0) is 22.3 Å². The molecule has 21 heavy (non-hydrogen) atoms. The molecule has 0 amide bonds. The normalized spacial score (nSPS) is 11.2. The number of aromatic nitrogens is 2. The molecule has 0 radical (unpaired) electrons. The summed E-state index contributed by atoms with van der Waals surface area (Å²) < 4.78 is 26.5. The monoisotopic (exact) mass is 322 g/mol.